The molecule has 36 heavy (non-hydrogen) atoms. The number of nitrogens with two attached hydrogens (primary N) is 1. The van der Waals surface area contributed by atoms with Gasteiger partial charge in [-0.05, 0) is 35.9 Å². The average molecular weight is 492 g/mol. The van der Waals surface area contributed by atoms with E-state index in [1.165, 1.54) is 0 Å². The summed E-state index contributed by atoms with van der Waals surface area (Å²) in [6.07, 6.45) is 1.71. The fourth-order valence-corrected chi connectivity index (χ4v) is 3.96. The first-order chi connectivity index (χ1) is 17.5. The van der Waals surface area contributed by atoms with Crippen molar-refractivity contribution in [3.8, 4) is 39.7 Å². The van der Waals surface area contributed by atoms with Crippen molar-refractivity contribution in [3.63, 3.8) is 0 Å². The number of aromatic nitrogens is 1. The third-order valence-corrected chi connectivity index (χ3v) is 5.70. The molecule has 9 heteroatoms. The zero-order valence-corrected chi connectivity index (χ0v) is 20.7. The lowest BCUT2D eigenvalue weighted by atomic mass is 10.0. The van der Waals surface area contributed by atoms with E-state index in [9.17, 15) is 4.79 Å². The van der Waals surface area contributed by atoms with E-state index in [0.29, 0.717) is 52.8 Å². The fraction of sp³-hybridized carbons (Fsp3) is 0.259. The molecule has 4 rings (SSSR count). The number of benzene rings is 2. The molecule has 1 atom stereocenters. The number of furan rings is 1. The largest absolute Gasteiger partial charge is 0.493 e. The molecule has 4 aromatic rings. The molecule has 1 amide bonds. The van der Waals surface area contributed by atoms with Crippen LogP contribution in [0.1, 0.15) is 10.4 Å². The first-order valence-corrected chi connectivity index (χ1v) is 11.3. The smallest absolute Gasteiger partial charge is 0.251 e. The molecule has 2 heterocycles. The first kappa shape index (κ1) is 25.0. The maximum Gasteiger partial charge on any atom is 0.251 e. The first-order valence-electron chi connectivity index (χ1n) is 11.3. The number of ether oxygens (including phenoxy) is 4. The molecule has 0 aliphatic carbocycles. The van der Waals surface area contributed by atoms with Crippen molar-refractivity contribution < 1.29 is 28.2 Å². The summed E-state index contributed by atoms with van der Waals surface area (Å²) in [4.78, 5) is 17.2. The molecule has 2 aromatic heterocycles. The van der Waals surface area contributed by atoms with Gasteiger partial charge >= 0.3 is 0 Å². The van der Waals surface area contributed by atoms with E-state index in [1.807, 2.05) is 42.5 Å². The Labute approximate surface area is 209 Å². The van der Waals surface area contributed by atoms with Gasteiger partial charge in [-0.3, -0.25) is 9.78 Å². The Bertz CT molecular complexity index is 1340. The zero-order chi connectivity index (χ0) is 25.7. The number of carbonyl (C=O) groups excluding carboxylic acids is 1. The number of nitrogens with zero attached hydrogens (tertiary/aromatic N) is 1. The van der Waals surface area contributed by atoms with Crippen LogP contribution in [0, 0.1) is 0 Å². The molecule has 9 nitrogen and oxygen atoms in total. The Kier molecular flexibility index (Phi) is 7.72. The molecule has 0 aliphatic rings. The number of pyridine rings is 1. The van der Waals surface area contributed by atoms with Crippen LogP contribution in [-0.4, -0.2) is 58.5 Å². The molecule has 188 valence electrons. The summed E-state index contributed by atoms with van der Waals surface area (Å²) in [6.45, 7) is 0.675. The highest BCUT2D eigenvalue weighted by Gasteiger charge is 2.18. The Morgan fingerprint density at radius 1 is 1.00 bits per heavy atom. The number of amides is 1. The van der Waals surface area contributed by atoms with Crippen LogP contribution in [0.25, 0.3) is 33.6 Å². The highest BCUT2D eigenvalue weighted by atomic mass is 16.5. The predicted molar refractivity (Wildman–Crippen MR) is 137 cm³/mol. The van der Waals surface area contributed by atoms with Gasteiger partial charge in [-0.15, -0.1) is 0 Å². The SMILES string of the molecule is COCC(N)CNC(=O)c1cccc(-c2ccnc3cc(-c4cc(OC)c(OC)c(OC)c4)oc23)c1. The van der Waals surface area contributed by atoms with Crippen LogP contribution in [0.5, 0.6) is 17.2 Å². The second-order valence-corrected chi connectivity index (χ2v) is 8.10. The van der Waals surface area contributed by atoms with E-state index in [0.717, 1.165) is 16.7 Å². The second-order valence-electron chi connectivity index (χ2n) is 8.10. The zero-order valence-electron chi connectivity index (χ0n) is 20.7. The molecule has 2 aromatic carbocycles. The maximum atomic E-state index is 12.7. The van der Waals surface area contributed by atoms with E-state index < -0.39 is 0 Å². The summed E-state index contributed by atoms with van der Waals surface area (Å²) in [5.41, 5.74) is 10.1. The summed E-state index contributed by atoms with van der Waals surface area (Å²) in [7, 11) is 6.25. The normalized spacial score (nSPS) is 11.8. The van der Waals surface area contributed by atoms with Gasteiger partial charge in [0.25, 0.3) is 5.91 Å². The molecule has 0 radical (unpaired) electrons. The van der Waals surface area contributed by atoms with E-state index in [4.69, 9.17) is 29.1 Å². The Morgan fingerprint density at radius 2 is 1.75 bits per heavy atom. The number of rotatable bonds is 10. The standard InChI is InChI=1S/C27H29N3O6/c1-32-15-19(28)14-30-27(31)17-7-5-6-16(10-17)20-8-9-29-21-13-22(36-25(20)21)18-11-23(33-2)26(35-4)24(12-18)34-3/h5-13,19H,14-15,28H2,1-4H3,(H,30,31). The summed E-state index contributed by atoms with van der Waals surface area (Å²) >= 11 is 0. The minimum Gasteiger partial charge on any atom is -0.493 e. The summed E-state index contributed by atoms with van der Waals surface area (Å²) in [5, 5.41) is 2.84. The Morgan fingerprint density at radius 3 is 2.42 bits per heavy atom. The molecular formula is C27H29N3O6. The fourth-order valence-electron chi connectivity index (χ4n) is 3.96. The summed E-state index contributed by atoms with van der Waals surface area (Å²) in [5.74, 6) is 1.90. The second kappa shape index (κ2) is 11.1. The summed E-state index contributed by atoms with van der Waals surface area (Å²) in [6, 6.07) is 14.4. The molecule has 0 bridgehead atoms. The van der Waals surface area contributed by atoms with Crippen LogP contribution in [0.4, 0.5) is 0 Å². The van der Waals surface area contributed by atoms with Gasteiger partial charge in [0.1, 0.15) is 11.3 Å². The van der Waals surface area contributed by atoms with Crippen molar-refractivity contribution in [2.75, 3.05) is 41.6 Å². The van der Waals surface area contributed by atoms with Gasteiger partial charge < -0.3 is 34.4 Å². The van der Waals surface area contributed by atoms with Crippen molar-refractivity contribution in [1.82, 2.24) is 10.3 Å². The van der Waals surface area contributed by atoms with Gasteiger partial charge in [0.05, 0.1) is 27.9 Å². The van der Waals surface area contributed by atoms with Gasteiger partial charge in [-0.1, -0.05) is 12.1 Å². The van der Waals surface area contributed by atoms with E-state index in [2.05, 4.69) is 10.3 Å². The minimum atomic E-state index is -0.279. The van der Waals surface area contributed by atoms with Gasteiger partial charge in [-0.2, -0.15) is 0 Å². The molecule has 3 N–H and O–H groups in total. The van der Waals surface area contributed by atoms with Crippen LogP contribution in [-0.2, 0) is 4.74 Å². The average Bonchev–Trinajstić information content (AvgIpc) is 3.35. The number of carbonyl (C=O) groups is 1. The van der Waals surface area contributed by atoms with Gasteiger partial charge in [-0.25, -0.2) is 0 Å². The van der Waals surface area contributed by atoms with Crippen LogP contribution in [0.3, 0.4) is 0 Å². The van der Waals surface area contributed by atoms with E-state index in [-0.39, 0.29) is 11.9 Å². The lowest BCUT2D eigenvalue weighted by Gasteiger charge is -2.13. The lowest BCUT2D eigenvalue weighted by molar-refractivity contribution is 0.0943. The quantitative estimate of drug-likeness (QED) is 0.343. The molecule has 0 saturated carbocycles. The number of hydrogen-bond donors (Lipinski definition) is 2. The van der Waals surface area contributed by atoms with E-state index in [1.54, 1.807) is 40.7 Å². The van der Waals surface area contributed by atoms with Crippen LogP contribution in [0.15, 0.2) is 59.1 Å². The highest BCUT2D eigenvalue weighted by molar-refractivity contribution is 5.98. The van der Waals surface area contributed by atoms with Crippen LogP contribution in [0.2, 0.25) is 0 Å². The van der Waals surface area contributed by atoms with Gasteiger partial charge in [0, 0.05) is 48.6 Å². The molecule has 0 aliphatic heterocycles. The Hall–Kier alpha value is -4.08. The predicted octanol–water partition coefficient (Wildman–Crippen LogP) is 3.89. The molecule has 1 unspecified atom stereocenters. The van der Waals surface area contributed by atoms with E-state index >= 15 is 0 Å². The summed E-state index contributed by atoms with van der Waals surface area (Å²) < 4.78 is 27.7. The highest BCUT2D eigenvalue weighted by Crippen LogP contribution is 2.42. The van der Waals surface area contributed by atoms with Crippen molar-refractivity contribution >= 4 is 17.0 Å². The van der Waals surface area contributed by atoms with Crippen molar-refractivity contribution in [3.05, 3.63) is 60.3 Å². The molecule has 0 fully saturated rings. The molecule has 0 saturated heterocycles. The maximum absolute atomic E-state index is 12.7. The lowest BCUT2D eigenvalue weighted by Crippen LogP contribution is -2.39. The van der Waals surface area contributed by atoms with Crippen molar-refractivity contribution in [1.29, 1.82) is 0 Å². The van der Waals surface area contributed by atoms with Crippen molar-refractivity contribution in [2.45, 2.75) is 6.04 Å². The van der Waals surface area contributed by atoms with Crippen LogP contribution >= 0.6 is 0 Å². The Balaban J connectivity index is 1.69. The third kappa shape index (κ3) is 5.12. The number of methoxy groups -OCH3 is 4. The van der Waals surface area contributed by atoms with Gasteiger partial charge in [0.2, 0.25) is 5.75 Å². The minimum absolute atomic E-state index is 0.216. The van der Waals surface area contributed by atoms with Crippen molar-refractivity contribution in [2.24, 2.45) is 5.73 Å². The monoisotopic (exact) mass is 491 g/mol. The number of nitrogens with one attached hydrogen (secondary N) is 1. The molecular weight excluding hydrogens is 462 g/mol. The topological polar surface area (TPSA) is 118 Å². The van der Waals surface area contributed by atoms with Gasteiger partial charge in [0.15, 0.2) is 17.1 Å². The number of fused-ring (bicyclic) bond motifs is 1. The third-order valence-electron chi connectivity index (χ3n) is 5.70. The number of hydrogen-bond acceptors (Lipinski definition) is 8. The molecule has 0 spiro atoms. The van der Waals surface area contributed by atoms with Crippen LogP contribution < -0.4 is 25.3 Å².